The van der Waals surface area contributed by atoms with E-state index in [1.807, 2.05) is 0 Å². The molecule has 0 saturated heterocycles. The molecular formula is C11H15F4NS. The highest BCUT2D eigenvalue weighted by molar-refractivity contribution is 7.12. The molecule has 0 aliphatic rings. The summed E-state index contributed by atoms with van der Waals surface area (Å²) in [7, 11) is 0. The number of nitrogens with one attached hydrogen (secondary N) is 1. The van der Waals surface area contributed by atoms with Gasteiger partial charge in [-0.2, -0.15) is 8.78 Å². The maximum absolute atomic E-state index is 13.5. The Balaban J connectivity index is 3.13. The molecule has 1 heterocycles. The molecular weight excluding hydrogens is 254 g/mol. The van der Waals surface area contributed by atoms with Gasteiger partial charge in [0.15, 0.2) is 0 Å². The molecule has 1 atom stereocenters. The van der Waals surface area contributed by atoms with Gasteiger partial charge in [-0.3, -0.25) is 0 Å². The fourth-order valence-corrected chi connectivity index (χ4v) is 2.84. The summed E-state index contributed by atoms with van der Waals surface area (Å²) in [5.74, 6) is -4.06. The van der Waals surface area contributed by atoms with Gasteiger partial charge in [0, 0.05) is 9.75 Å². The molecule has 1 nitrogen and oxygen atoms in total. The zero-order valence-corrected chi connectivity index (χ0v) is 10.7. The molecule has 1 unspecified atom stereocenters. The maximum Gasteiger partial charge on any atom is 0.327 e. The van der Waals surface area contributed by atoms with E-state index in [1.165, 1.54) is 0 Å². The largest absolute Gasteiger partial charge is 0.327 e. The first-order chi connectivity index (χ1) is 7.80. The number of thiophene rings is 1. The predicted octanol–water partition coefficient (Wildman–Crippen LogP) is 3.92. The number of hydrogen-bond donors (Lipinski definition) is 1. The minimum Gasteiger partial charge on any atom is -0.304 e. The number of rotatable bonds is 5. The lowest BCUT2D eigenvalue weighted by Crippen LogP contribution is -2.42. The molecule has 0 aliphatic carbocycles. The van der Waals surface area contributed by atoms with E-state index in [0.717, 1.165) is 16.2 Å². The smallest absolute Gasteiger partial charge is 0.304 e. The average molecular weight is 269 g/mol. The third-order valence-electron chi connectivity index (χ3n) is 2.43. The van der Waals surface area contributed by atoms with Crippen molar-refractivity contribution in [3.63, 3.8) is 0 Å². The second kappa shape index (κ2) is 5.35. The Labute approximate surface area is 102 Å². The lowest BCUT2D eigenvalue weighted by atomic mass is 10.1. The van der Waals surface area contributed by atoms with Crippen LogP contribution < -0.4 is 5.32 Å². The zero-order valence-electron chi connectivity index (χ0n) is 9.86. The van der Waals surface area contributed by atoms with E-state index < -0.39 is 18.4 Å². The maximum atomic E-state index is 13.5. The zero-order chi connectivity index (χ0) is 13.2. The van der Waals surface area contributed by atoms with Crippen LogP contribution in [0.3, 0.4) is 0 Å². The van der Waals surface area contributed by atoms with Gasteiger partial charge in [-0.15, -0.1) is 11.3 Å². The normalized spacial score (nSPS) is 14.4. The number of alkyl halides is 4. The molecule has 0 spiro atoms. The minimum atomic E-state index is -4.06. The summed E-state index contributed by atoms with van der Waals surface area (Å²) in [5.41, 5.74) is 0.624. The van der Waals surface area contributed by atoms with Crippen molar-refractivity contribution >= 4 is 11.3 Å². The van der Waals surface area contributed by atoms with E-state index in [4.69, 9.17) is 0 Å². The van der Waals surface area contributed by atoms with Crippen molar-refractivity contribution in [1.29, 1.82) is 0 Å². The number of halogens is 4. The predicted molar refractivity (Wildman–Crippen MR) is 61.2 cm³/mol. The third kappa shape index (κ3) is 2.98. The summed E-state index contributed by atoms with van der Waals surface area (Å²) in [6.07, 6.45) is -3.67. The van der Waals surface area contributed by atoms with Crippen LogP contribution in [-0.4, -0.2) is 18.9 Å². The monoisotopic (exact) mass is 269 g/mol. The SMILES string of the molecule is CCNC(c1sc(C)cc1C)C(F)(F)C(F)F. The molecule has 1 aromatic rings. The van der Waals surface area contributed by atoms with Crippen molar-refractivity contribution in [3.05, 3.63) is 21.4 Å². The molecule has 0 aliphatic heterocycles. The Kier molecular flexibility index (Phi) is 4.55. The van der Waals surface area contributed by atoms with Crippen molar-refractivity contribution in [2.24, 2.45) is 0 Å². The Morgan fingerprint density at radius 2 is 1.94 bits per heavy atom. The van der Waals surface area contributed by atoms with Crippen LogP contribution >= 0.6 is 11.3 Å². The van der Waals surface area contributed by atoms with Crippen molar-refractivity contribution < 1.29 is 17.6 Å². The molecule has 0 amide bonds. The van der Waals surface area contributed by atoms with Gasteiger partial charge in [-0.05, 0) is 32.0 Å². The Morgan fingerprint density at radius 1 is 1.35 bits per heavy atom. The van der Waals surface area contributed by atoms with Crippen LogP contribution in [0.2, 0.25) is 0 Å². The lowest BCUT2D eigenvalue weighted by molar-refractivity contribution is -0.150. The van der Waals surface area contributed by atoms with Gasteiger partial charge in [0.2, 0.25) is 0 Å². The molecule has 1 N–H and O–H groups in total. The first-order valence-electron chi connectivity index (χ1n) is 5.27. The summed E-state index contributed by atoms with van der Waals surface area (Å²) in [5, 5.41) is 2.46. The van der Waals surface area contributed by atoms with Crippen LogP contribution in [0, 0.1) is 13.8 Å². The highest BCUT2D eigenvalue weighted by Gasteiger charge is 2.50. The first-order valence-corrected chi connectivity index (χ1v) is 6.08. The topological polar surface area (TPSA) is 12.0 Å². The van der Waals surface area contributed by atoms with E-state index in [9.17, 15) is 17.6 Å². The lowest BCUT2D eigenvalue weighted by Gasteiger charge is -2.26. The summed E-state index contributed by atoms with van der Waals surface area (Å²) in [4.78, 5) is 1.13. The standard InChI is InChI=1S/C11H15F4NS/c1-4-16-9(11(14,15)10(12)13)8-6(2)5-7(3)17-8/h5,9-10,16H,4H2,1-3H3. The van der Waals surface area contributed by atoms with Crippen LogP contribution in [0.1, 0.15) is 28.3 Å². The molecule has 6 heteroatoms. The Morgan fingerprint density at radius 3 is 2.29 bits per heavy atom. The van der Waals surface area contributed by atoms with Crippen LogP contribution in [0.25, 0.3) is 0 Å². The van der Waals surface area contributed by atoms with Gasteiger partial charge < -0.3 is 5.32 Å². The molecule has 98 valence electrons. The molecule has 0 saturated carbocycles. The van der Waals surface area contributed by atoms with E-state index in [-0.39, 0.29) is 11.4 Å². The summed E-state index contributed by atoms with van der Waals surface area (Å²) in [6.45, 7) is 5.25. The average Bonchev–Trinajstić information content (AvgIpc) is 2.53. The van der Waals surface area contributed by atoms with Gasteiger partial charge in [-0.1, -0.05) is 6.92 Å². The minimum absolute atomic E-state index is 0.212. The summed E-state index contributed by atoms with van der Waals surface area (Å²) < 4.78 is 51.8. The van der Waals surface area contributed by atoms with E-state index in [2.05, 4.69) is 5.32 Å². The van der Waals surface area contributed by atoms with Crippen molar-refractivity contribution in [3.8, 4) is 0 Å². The van der Waals surface area contributed by atoms with E-state index in [0.29, 0.717) is 5.56 Å². The van der Waals surface area contributed by atoms with Crippen LogP contribution in [0.5, 0.6) is 0 Å². The quantitative estimate of drug-likeness (QED) is 0.799. The molecule has 1 rings (SSSR count). The fraction of sp³-hybridized carbons (Fsp3) is 0.636. The van der Waals surface area contributed by atoms with Crippen molar-refractivity contribution in [2.75, 3.05) is 6.54 Å². The van der Waals surface area contributed by atoms with Gasteiger partial charge in [0.25, 0.3) is 0 Å². The molecule has 1 aromatic heterocycles. The van der Waals surface area contributed by atoms with E-state index >= 15 is 0 Å². The second-order valence-electron chi connectivity index (χ2n) is 3.87. The summed E-state index contributed by atoms with van der Waals surface area (Å²) >= 11 is 1.13. The Bertz CT molecular complexity index is 376. The third-order valence-corrected chi connectivity index (χ3v) is 3.64. The molecule has 17 heavy (non-hydrogen) atoms. The van der Waals surface area contributed by atoms with Gasteiger partial charge >= 0.3 is 12.3 Å². The molecule has 0 aromatic carbocycles. The van der Waals surface area contributed by atoms with Gasteiger partial charge in [-0.25, -0.2) is 8.78 Å². The highest BCUT2D eigenvalue weighted by Crippen LogP contribution is 2.40. The molecule has 0 fully saturated rings. The van der Waals surface area contributed by atoms with E-state index in [1.54, 1.807) is 26.8 Å². The fourth-order valence-electron chi connectivity index (χ4n) is 1.68. The molecule has 0 bridgehead atoms. The summed E-state index contributed by atoms with van der Waals surface area (Å²) in [6, 6.07) is 0.109. The van der Waals surface area contributed by atoms with Crippen molar-refractivity contribution in [1.82, 2.24) is 5.32 Å². The number of hydrogen-bond acceptors (Lipinski definition) is 2. The highest BCUT2D eigenvalue weighted by atomic mass is 32.1. The van der Waals surface area contributed by atoms with Crippen LogP contribution in [0.15, 0.2) is 6.07 Å². The van der Waals surface area contributed by atoms with Gasteiger partial charge in [0.05, 0.1) is 0 Å². The Hall–Kier alpha value is -0.620. The van der Waals surface area contributed by atoms with Crippen molar-refractivity contribution in [2.45, 2.75) is 39.2 Å². The first kappa shape index (κ1) is 14.4. The van der Waals surface area contributed by atoms with Crippen LogP contribution in [-0.2, 0) is 0 Å². The molecule has 0 radical (unpaired) electrons. The van der Waals surface area contributed by atoms with Crippen LogP contribution in [0.4, 0.5) is 17.6 Å². The van der Waals surface area contributed by atoms with Gasteiger partial charge in [0.1, 0.15) is 6.04 Å². The number of aryl methyl sites for hydroxylation is 2. The second-order valence-corrected chi connectivity index (χ2v) is 5.16.